The Morgan fingerprint density at radius 1 is 1.54 bits per heavy atom. The van der Waals surface area contributed by atoms with Crippen LogP contribution in [0.5, 0.6) is 0 Å². The van der Waals surface area contributed by atoms with Gasteiger partial charge in [0.05, 0.1) is 6.26 Å². The molecule has 0 amide bonds. The van der Waals surface area contributed by atoms with Crippen LogP contribution in [0.2, 0.25) is 0 Å². The molecule has 0 aromatic carbocycles. The molecule has 0 spiro atoms. The number of carbonyl (C=O) groups is 1. The Hall–Kier alpha value is -0.880. The van der Waals surface area contributed by atoms with Gasteiger partial charge in [-0.3, -0.25) is 4.18 Å². The highest BCUT2D eigenvalue weighted by Crippen LogP contribution is 2.13. The van der Waals surface area contributed by atoms with E-state index in [1.165, 1.54) is 6.08 Å². The second-order valence-electron chi connectivity index (χ2n) is 2.77. The Bertz CT molecular complexity index is 329. The summed E-state index contributed by atoms with van der Waals surface area (Å²) in [6.07, 6.45) is 2.18. The number of rotatable bonds is 2. The first kappa shape index (κ1) is 10.2. The first-order valence-corrected chi connectivity index (χ1v) is 5.47. The molecule has 1 aliphatic heterocycles. The highest BCUT2D eigenvalue weighted by molar-refractivity contribution is 7.86. The summed E-state index contributed by atoms with van der Waals surface area (Å²) in [7, 11) is -3.52. The topological polar surface area (TPSA) is 69.7 Å². The molecule has 0 aromatic heterocycles. The molecule has 0 aromatic rings. The van der Waals surface area contributed by atoms with Gasteiger partial charge < -0.3 is 4.74 Å². The van der Waals surface area contributed by atoms with Crippen molar-refractivity contribution in [1.82, 2.24) is 0 Å². The van der Waals surface area contributed by atoms with E-state index in [9.17, 15) is 13.2 Å². The molecule has 0 saturated carbocycles. The molecule has 1 aliphatic rings. The van der Waals surface area contributed by atoms with Gasteiger partial charge >= 0.3 is 5.97 Å². The number of ether oxygens (including phenoxy) is 1. The lowest BCUT2D eigenvalue weighted by Crippen LogP contribution is -2.34. The minimum absolute atomic E-state index is 0.485. The van der Waals surface area contributed by atoms with Gasteiger partial charge in [-0.05, 0) is 13.0 Å². The van der Waals surface area contributed by atoms with Crippen LogP contribution in [0.15, 0.2) is 12.2 Å². The maximum Gasteiger partial charge on any atom is 0.330 e. The van der Waals surface area contributed by atoms with Crippen LogP contribution in [0.1, 0.15) is 6.92 Å². The van der Waals surface area contributed by atoms with Gasteiger partial charge in [-0.1, -0.05) is 0 Å². The lowest BCUT2D eigenvalue weighted by Gasteiger charge is -2.22. The number of esters is 1. The third-order valence-corrected chi connectivity index (χ3v) is 2.04. The van der Waals surface area contributed by atoms with Gasteiger partial charge in [-0.25, -0.2) is 4.79 Å². The van der Waals surface area contributed by atoms with Crippen molar-refractivity contribution in [3.8, 4) is 0 Å². The van der Waals surface area contributed by atoms with Gasteiger partial charge in [0, 0.05) is 6.08 Å². The first-order valence-electron chi connectivity index (χ1n) is 3.65. The van der Waals surface area contributed by atoms with Crippen molar-refractivity contribution in [3.63, 3.8) is 0 Å². The second kappa shape index (κ2) is 3.47. The predicted octanol–water partition coefficient (Wildman–Crippen LogP) is -0.167. The summed E-state index contributed by atoms with van der Waals surface area (Å²) in [5.74, 6) is -0.485. The van der Waals surface area contributed by atoms with E-state index in [2.05, 4.69) is 4.18 Å². The van der Waals surface area contributed by atoms with Crippen molar-refractivity contribution < 1.29 is 22.1 Å². The van der Waals surface area contributed by atoms with E-state index in [-0.39, 0.29) is 0 Å². The van der Waals surface area contributed by atoms with Crippen molar-refractivity contribution in [2.75, 3.05) is 6.26 Å². The average molecular weight is 206 g/mol. The van der Waals surface area contributed by atoms with Crippen LogP contribution in [-0.4, -0.2) is 32.9 Å². The van der Waals surface area contributed by atoms with Crippen molar-refractivity contribution in [3.05, 3.63) is 12.2 Å². The smallest absolute Gasteiger partial charge is 0.330 e. The number of cyclic esters (lactones) is 1. The second-order valence-corrected chi connectivity index (χ2v) is 4.37. The quantitative estimate of drug-likeness (QED) is 0.463. The molecule has 1 heterocycles. The summed E-state index contributed by atoms with van der Waals surface area (Å²) < 4.78 is 30.8. The maximum atomic E-state index is 10.7. The summed E-state index contributed by atoms with van der Waals surface area (Å²) in [4.78, 5) is 10.7. The summed E-state index contributed by atoms with van der Waals surface area (Å²) in [6.45, 7) is 1.57. The highest BCUT2D eigenvalue weighted by Gasteiger charge is 2.26. The first-order chi connectivity index (χ1) is 5.88. The van der Waals surface area contributed by atoms with Crippen molar-refractivity contribution in [1.29, 1.82) is 0 Å². The van der Waals surface area contributed by atoms with Crippen molar-refractivity contribution in [2.24, 2.45) is 0 Å². The third kappa shape index (κ3) is 3.16. The van der Waals surface area contributed by atoms with E-state index >= 15 is 0 Å². The Morgan fingerprint density at radius 3 is 2.62 bits per heavy atom. The van der Waals surface area contributed by atoms with Gasteiger partial charge in [0.15, 0.2) is 0 Å². The molecule has 0 saturated heterocycles. The zero-order valence-electron chi connectivity index (χ0n) is 7.26. The van der Waals surface area contributed by atoms with Crippen LogP contribution in [0.4, 0.5) is 0 Å². The number of carbonyl (C=O) groups excluding carboxylic acids is 1. The number of hydrogen-bond acceptors (Lipinski definition) is 5. The molecule has 13 heavy (non-hydrogen) atoms. The van der Waals surface area contributed by atoms with Crippen LogP contribution in [0, 0.1) is 0 Å². The minimum Gasteiger partial charge on any atom is -0.456 e. The summed E-state index contributed by atoms with van der Waals surface area (Å²) in [6, 6.07) is 0. The highest BCUT2D eigenvalue weighted by atomic mass is 32.2. The lowest BCUT2D eigenvalue weighted by atomic mass is 10.2. The fourth-order valence-corrected chi connectivity index (χ4v) is 1.56. The van der Waals surface area contributed by atoms with Crippen LogP contribution in [0.3, 0.4) is 0 Å². The zero-order valence-corrected chi connectivity index (χ0v) is 8.08. The molecular weight excluding hydrogens is 196 g/mol. The Labute approximate surface area is 76.5 Å². The van der Waals surface area contributed by atoms with Crippen LogP contribution in [-0.2, 0) is 23.8 Å². The normalized spacial score (nSPS) is 28.6. The molecule has 74 valence electrons. The van der Waals surface area contributed by atoms with E-state index in [4.69, 9.17) is 4.74 Å². The summed E-state index contributed by atoms with van der Waals surface area (Å²) >= 11 is 0. The monoisotopic (exact) mass is 206 g/mol. The van der Waals surface area contributed by atoms with E-state index in [0.29, 0.717) is 0 Å². The van der Waals surface area contributed by atoms with Crippen LogP contribution in [0.25, 0.3) is 0 Å². The SMILES string of the molecule is CC1OC(=O)C=CC1OS(C)(=O)=O. The van der Waals surface area contributed by atoms with Crippen molar-refractivity contribution >= 4 is 16.1 Å². The maximum absolute atomic E-state index is 10.7. The van der Waals surface area contributed by atoms with E-state index in [1.54, 1.807) is 6.92 Å². The molecular formula is C7H10O5S. The molecule has 2 atom stereocenters. The molecule has 0 radical (unpaired) electrons. The van der Waals surface area contributed by atoms with E-state index in [1.807, 2.05) is 0 Å². The van der Waals surface area contributed by atoms with Crippen LogP contribution < -0.4 is 0 Å². The van der Waals surface area contributed by atoms with Gasteiger partial charge in [-0.15, -0.1) is 0 Å². The fraction of sp³-hybridized carbons (Fsp3) is 0.571. The molecule has 0 bridgehead atoms. The summed E-state index contributed by atoms with van der Waals surface area (Å²) in [5.41, 5.74) is 0. The lowest BCUT2D eigenvalue weighted by molar-refractivity contribution is -0.147. The Kier molecular flexibility index (Phi) is 2.72. The standard InChI is InChI=1S/C7H10O5S/c1-5-6(12-13(2,9)10)3-4-7(8)11-5/h3-6H,1-2H3. The molecule has 1 rings (SSSR count). The summed E-state index contributed by atoms with van der Waals surface area (Å²) in [5, 5.41) is 0. The molecule has 6 heteroatoms. The number of hydrogen-bond donors (Lipinski definition) is 0. The van der Waals surface area contributed by atoms with E-state index < -0.39 is 28.3 Å². The zero-order chi connectivity index (χ0) is 10.1. The van der Waals surface area contributed by atoms with E-state index in [0.717, 1.165) is 12.3 Å². The molecule has 0 N–H and O–H groups in total. The van der Waals surface area contributed by atoms with Gasteiger partial charge in [-0.2, -0.15) is 8.42 Å². The van der Waals surface area contributed by atoms with Gasteiger partial charge in [0.25, 0.3) is 10.1 Å². The molecule has 5 nitrogen and oxygen atoms in total. The average Bonchev–Trinajstić information content (AvgIpc) is 1.93. The molecule has 0 fully saturated rings. The van der Waals surface area contributed by atoms with Crippen LogP contribution >= 0.6 is 0 Å². The van der Waals surface area contributed by atoms with Gasteiger partial charge in [0.2, 0.25) is 0 Å². The van der Waals surface area contributed by atoms with Crippen molar-refractivity contribution in [2.45, 2.75) is 19.1 Å². The largest absolute Gasteiger partial charge is 0.456 e. The fourth-order valence-electron chi connectivity index (χ4n) is 0.932. The third-order valence-electron chi connectivity index (χ3n) is 1.47. The predicted molar refractivity (Wildman–Crippen MR) is 44.4 cm³/mol. The Balaban J connectivity index is 2.72. The molecule has 2 unspecified atom stereocenters. The minimum atomic E-state index is -3.52. The van der Waals surface area contributed by atoms with Gasteiger partial charge in [0.1, 0.15) is 12.2 Å². The Morgan fingerprint density at radius 2 is 2.15 bits per heavy atom. The molecule has 0 aliphatic carbocycles.